The second kappa shape index (κ2) is 5.48. The highest BCUT2D eigenvalue weighted by atomic mass is 16.3. The molecule has 4 heteroatoms. The molecule has 1 atom stereocenters. The molecule has 0 saturated carbocycles. The van der Waals surface area contributed by atoms with Crippen molar-refractivity contribution in [2.24, 2.45) is 5.73 Å². The van der Waals surface area contributed by atoms with Crippen molar-refractivity contribution < 1.29 is 9.90 Å². The molecule has 4 N–H and O–H groups in total. The van der Waals surface area contributed by atoms with Crippen LogP contribution in [0.1, 0.15) is 11.1 Å². The van der Waals surface area contributed by atoms with Crippen molar-refractivity contribution >= 4 is 5.91 Å². The molecule has 0 radical (unpaired) electrons. The number of aliphatic hydroxyl groups excluding tert-OH is 1. The lowest BCUT2D eigenvalue weighted by molar-refractivity contribution is -0.123. The molecule has 0 aliphatic carbocycles. The van der Waals surface area contributed by atoms with Crippen molar-refractivity contribution in [3.63, 3.8) is 0 Å². The van der Waals surface area contributed by atoms with Crippen LogP contribution >= 0.6 is 0 Å². The molecular formula is C11H16N2O2. The monoisotopic (exact) mass is 208 g/mol. The van der Waals surface area contributed by atoms with Crippen molar-refractivity contribution in [1.29, 1.82) is 0 Å². The first-order valence-corrected chi connectivity index (χ1v) is 4.84. The van der Waals surface area contributed by atoms with Crippen LogP contribution < -0.4 is 11.1 Å². The van der Waals surface area contributed by atoms with Crippen LogP contribution in [0.4, 0.5) is 0 Å². The zero-order chi connectivity index (χ0) is 11.3. The van der Waals surface area contributed by atoms with E-state index in [9.17, 15) is 4.79 Å². The van der Waals surface area contributed by atoms with E-state index in [1.54, 1.807) is 0 Å². The molecule has 15 heavy (non-hydrogen) atoms. The van der Waals surface area contributed by atoms with E-state index < -0.39 is 6.04 Å². The van der Waals surface area contributed by atoms with Gasteiger partial charge in [-0.1, -0.05) is 24.3 Å². The fourth-order valence-electron chi connectivity index (χ4n) is 1.20. The molecule has 4 nitrogen and oxygen atoms in total. The van der Waals surface area contributed by atoms with Gasteiger partial charge in [0.15, 0.2) is 0 Å². The standard InChI is InChI=1S/C11H16N2O2/c1-8-4-2-3-5-9(8)6-13-11(15)10(12)7-14/h2-5,10,14H,6-7,12H2,1H3,(H,13,15). The van der Waals surface area contributed by atoms with E-state index in [1.807, 2.05) is 31.2 Å². The highest BCUT2D eigenvalue weighted by Crippen LogP contribution is 2.05. The number of benzene rings is 1. The van der Waals surface area contributed by atoms with Gasteiger partial charge in [-0.15, -0.1) is 0 Å². The quantitative estimate of drug-likeness (QED) is 0.648. The number of carbonyl (C=O) groups is 1. The molecule has 0 aliphatic rings. The van der Waals surface area contributed by atoms with Gasteiger partial charge in [0, 0.05) is 6.54 Å². The molecule has 1 unspecified atom stereocenters. The smallest absolute Gasteiger partial charge is 0.239 e. The first-order chi connectivity index (χ1) is 7.15. The number of amides is 1. The zero-order valence-electron chi connectivity index (χ0n) is 8.73. The maximum Gasteiger partial charge on any atom is 0.239 e. The molecule has 0 saturated heterocycles. The van der Waals surface area contributed by atoms with Gasteiger partial charge in [-0.25, -0.2) is 0 Å². The Bertz CT molecular complexity index is 339. The third kappa shape index (κ3) is 3.34. The summed E-state index contributed by atoms with van der Waals surface area (Å²) in [4.78, 5) is 11.3. The summed E-state index contributed by atoms with van der Waals surface area (Å²) in [6.07, 6.45) is 0. The Kier molecular flexibility index (Phi) is 4.27. The number of nitrogens with one attached hydrogen (secondary N) is 1. The summed E-state index contributed by atoms with van der Waals surface area (Å²) in [5.74, 6) is -0.333. The lowest BCUT2D eigenvalue weighted by Crippen LogP contribution is -2.42. The van der Waals surface area contributed by atoms with Gasteiger partial charge in [-0.2, -0.15) is 0 Å². The van der Waals surface area contributed by atoms with Crippen LogP contribution in [-0.2, 0) is 11.3 Å². The Morgan fingerprint density at radius 1 is 1.53 bits per heavy atom. The molecular weight excluding hydrogens is 192 g/mol. The van der Waals surface area contributed by atoms with Crippen LogP contribution in [0.25, 0.3) is 0 Å². The number of aliphatic hydroxyl groups is 1. The third-order valence-electron chi connectivity index (χ3n) is 2.25. The maximum atomic E-state index is 11.3. The average Bonchev–Trinajstić information content (AvgIpc) is 2.26. The van der Waals surface area contributed by atoms with Gasteiger partial charge in [0.2, 0.25) is 5.91 Å². The molecule has 0 aliphatic heterocycles. The first-order valence-electron chi connectivity index (χ1n) is 4.84. The van der Waals surface area contributed by atoms with E-state index in [4.69, 9.17) is 10.8 Å². The third-order valence-corrected chi connectivity index (χ3v) is 2.25. The molecule has 0 spiro atoms. The van der Waals surface area contributed by atoms with E-state index >= 15 is 0 Å². The predicted molar refractivity (Wildman–Crippen MR) is 58.1 cm³/mol. The van der Waals surface area contributed by atoms with Crippen LogP contribution in [-0.4, -0.2) is 23.7 Å². The lowest BCUT2D eigenvalue weighted by atomic mass is 10.1. The van der Waals surface area contributed by atoms with Crippen molar-refractivity contribution in [2.75, 3.05) is 6.61 Å². The predicted octanol–water partition coefficient (Wildman–Crippen LogP) is -0.0692. The highest BCUT2D eigenvalue weighted by Gasteiger charge is 2.11. The van der Waals surface area contributed by atoms with Gasteiger partial charge in [0.1, 0.15) is 6.04 Å². The van der Waals surface area contributed by atoms with Gasteiger partial charge in [-0.3, -0.25) is 4.79 Å². The minimum Gasteiger partial charge on any atom is -0.394 e. The summed E-state index contributed by atoms with van der Waals surface area (Å²) >= 11 is 0. The molecule has 0 fully saturated rings. The number of rotatable bonds is 4. The summed E-state index contributed by atoms with van der Waals surface area (Å²) in [5, 5.41) is 11.3. The van der Waals surface area contributed by atoms with Crippen molar-refractivity contribution in [3.05, 3.63) is 35.4 Å². The molecule has 1 rings (SSSR count). The van der Waals surface area contributed by atoms with Crippen LogP contribution in [0, 0.1) is 6.92 Å². The Hall–Kier alpha value is -1.39. The van der Waals surface area contributed by atoms with Crippen molar-refractivity contribution in [3.8, 4) is 0 Å². The Morgan fingerprint density at radius 3 is 2.80 bits per heavy atom. The summed E-state index contributed by atoms with van der Waals surface area (Å²) in [7, 11) is 0. The van der Waals surface area contributed by atoms with Crippen LogP contribution in [0.2, 0.25) is 0 Å². The van der Waals surface area contributed by atoms with Gasteiger partial charge in [-0.05, 0) is 18.1 Å². The minimum absolute atomic E-state index is 0.333. The van der Waals surface area contributed by atoms with Crippen molar-refractivity contribution in [1.82, 2.24) is 5.32 Å². The SMILES string of the molecule is Cc1ccccc1CNC(=O)C(N)CO. The number of hydrogen-bond acceptors (Lipinski definition) is 3. The molecule has 82 valence electrons. The van der Waals surface area contributed by atoms with E-state index in [1.165, 1.54) is 0 Å². The van der Waals surface area contributed by atoms with Crippen LogP contribution in [0.5, 0.6) is 0 Å². The van der Waals surface area contributed by atoms with Crippen LogP contribution in [0.15, 0.2) is 24.3 Å². The largest absolute Gasteiger partial charge is 0.394 e. The second-order valence-corrected chi connectivity index (χ2v) is 3.43. The van der Waals surface area contributed by atoms with E-state index in [0.29, 0.717) is 6.54 Å². The number of carbonyl (C=O) groups excluding carboxylic acids is 1. The first kappa shape index (κ1) is 11.7. The molecule has 0 heterocycles. The molecule has 0 bridgehead atoms. The fraction of sp³-hybridized carbons (Fsp3) is 0.364. The summed E-state index contributed by atoms with van der Waals surface area (Å²) < 4.78 is 0. The number of nitrogens with two attached hydrogens (primary N) is 1. The summed E-state index contributed by atoms with van der Waals surface area (Å²) in [6, 6.07) is 6.95. The Morgan fingerprint density at radius 2 is 2.20 bits per heavy atom. The highest BCUT2D eigenvalue weighted by molar-refractivity contribution is 5.81. The van der Waals surface area contributed by atoms with Gasteiger partial charge in [0.05, 0.1) is 6.61 Å². The Labute approximate surface area is 89.1 Å². The summed E-state index contributed by atoms with van der Waals surface area (Å²) in [6.45, 7) is 2.09. The normalized spacial score (nSPS) is 12.2. The van der Waals surface area contributed by atoms with Gasteiger partial charge in [0.25, 0.3) is 0 Å². The van der Waals surface area contributed by atoms with E-state index in [0.717, 1.165) is 11.1 Å². The van der Waals surface area contributed by atoms with E-state index in [2.05, 4.69) is 5.32 Å². The number of aryl methyl sites for hydroxylation is 1. The molecule has 0 aromatic heterocycles. The van der Waals surface area contributed by atoms with Gasteiger partial charge < -0.3 is 16.2 Å². The topological polar surface area (TPSA) is 75.4 Å². The van der Waals surface area contributed by atoms with E-state index in [-0.39, 0.29) is 12.5 Å². The summed E-state index contributed by atoms with van der Waals surface area (Å²) in [5.41, 5.74) is 7.53. The molecule has 1 aromatic rings. The van der Waals surface area contributed by atoms with Crippen molar-refractivity contribution in [2.45, 2.75) is 19.5 Å². The Balaban J connectivity index is 2.51. The molecule has 1 amide bonds. The zero-order valence-corrected chi connectivity index (χ0v) is 8.73. The average molecular weight is 208 g/mol. The van der Waals surface area contributed by atoms with Crippen LogP contribution in [0.3, 0.4) is 0 Å². The molecule has 1 aromatic carbocycles. The fourth-order valence-corrected chi connectivity index (χ4v) is 1.20. The lowest BCUT2D eigenvalue weighted by Gasteiger charge is -2.10. The number of hydrogen-bond donors (Lipinski definition) is 3. The minimum atomic E-state index is -0.839. The second-order valence-electron chi connectivity index (χ2n) is 3.43. The maximum absolute atomic E-state index is 11.3. The van der Waals surface area contributed by atoms with Gasteiger partial charge >= 0.3 is 0 Å².